The van der Waals surface area contributed by atoms with Crippen molar-refractivity contribution >= 4 is 22.3 Å². The Morgan fingerprint density at radius 1 is 1.07 bits per heavy atom. The van der Waals surface area contributed by atoms with E-state index in [1.807, 2.05) is 18.2 Å². The third-order valence-corrected chi connectivity index (χ3v) is 6.25. The molecule has 1 aromatic heterocycles. The number of aliphatic hydroxyl groups excluding tert-OH is 1. The molecule has 1 aliphatic heterocycles. The van der Waals surface area contributed by atoms with Crippen molar-refractivity contribution in [3.05, 3.63) is 69.5 Å². The number of anilines is 2. The summed E-state index contributed by atoms with van der Waals surface area (Å²) < 4.78 is 0. The summed E-state index contributed by atoms with van der Waals surface area (Å²) in [6.45, 7) is 2.17. The average molecular weight is 389 g/mol. The molecule has 29 heavy (non-hydrogen) atoms. The van der Waals surface area contributed by atoms with Crippen LogP contribution in [0.1, 0.15) is 36.0 Å². The van der Waals surface area contributed by atoms with E-state index in [0.717, 1.165) is 60.1 Å². The number of pyridine rings is 1. The highest BCUT2D eigenvalue weighted by atomic mass is 16.3. The van der Waals surface area contributed by atoms with E-state index in [1.54, 1.807) is 0 Å². The SMILES string of the molecule is O=c1[nH]c2cc3c(cc2cc1CNc1ccc(N2CCC[C@H](O)C2)cc1)CCC3. The number of aromatic amines is 1. The quantitative estimate of drug-likeness (QED) is 0.638. The summed E-state index contributed by atoms with van der Waals surface area (Å²) in [6, 6.07) is 14.6. The van der Waals surface area contributed by atoms with E-state index in [-0.39, 0.29) is 11.7 Å². The van der Waals surface area contributed by atoms with Crippen molar-refractivity contribution in [2.45, 2.75) is 44.8 Å². The van der Waals surface area contributed by atoms with Gasteiger partial charge >= 0.3 is 0 Å². The average Bonchev–Trinajstić information content (AvgIpc) is 3.18. The van der Waals surface area contributed by atoms with Gasteiger partial charge in [-0.3, -0.25) is 4.79 Å². The lowest BCUT2D eigenvalue weighted by molar-refractivity contribution is 0.154. The first-order valence-electron chi connectivity index (χ1n) is 10.6. The number of benzene rings is 2. The number of aryl methyl sites for hydroxylation is 2. The molecule has 1 aliphatic carbocycles. The van der Waals surface area contributed by atoms with Gasteiger partial charge in [0.05, 0.1) is 6.10 Å². The number of piperidine rings is 1. The molecule has 5 rings (SSSR count). The maximum Gasteiger partial charge on any atom is 0.253 e. The van der Waals surface area contributed by atoms with Crippen molar-refractivity contribution in [3.63, 3.8) is 0 Å². The van der Waals surface area contributed by atoms with Crippen LogP contribution in [-0.2, 0) is 19.4 Å². The molecule has 2 aromatic carbocycles. The summed E-state index contributed by atoms with van der Waals surface area (Å²) in [5, 5.41) is 14.4. The van der Waals surface area contributed by atoms with E-state index in [2.05, 4.69) is 39.5 Å². The van der Waals surface area contributed by atoms with Gasteiger partial charge in [-0.15, -0.1) is 0 Å². The number of aliphatic hydroxyl groups is 1. The van der Waals surface area contributed by atoms with Gasteiger partial charge in [0.1, 0.15) is 0 Å². The molecule has 150 valence electrons. The Hall–Kier alpha value is -2.79. The maximum atomic E-state index is 12.5. The third kappa shape index (κ3) is 3.75. The molecule has 2 aliphatic rings. The van der Waals surface area contributed by atoms with Crippen LogP contribution >= 0.6 is 0 Å². The van der Waals surface area contributed by atoms with E-state index >= 15 is 0 Å². The number of fused-ring (bicyclic) bond motifs is 2. The van der Waals surface area contributed by atoms with E-state index < -0.39 is 0 Å². The second-order valence-corrected chi connectivity index (χ2v) is 8.33. The zero-order chi connectivity index (χ0) is 19.8. The van der Waals surface area contributed by atoms with E-state index in [4.69, 9.17) is 0 Å². The van der Waals surface area contributed by atoms with Crippen molar-refractivity contribution < 1.29 is 5.11 Å². The Labute approximate surface area is 170 Å². The van der Waals surface area contributed by atoms with Crippen molar-refractivity contribution in [2.24, 2.45) is 0 Å². The number of H-pyrrole nitrogens is 1. The highest BCUT2D eigenvalue weighted by Crippen LogP contribution is 2.26. The summed E-state index contributed by atoms with van der Waals surface area (Å²) in [6.07, 6.45) is 5.13. The van der Waals surface area contributed by atoms with Crippen molar-refractivity contribution in [3.8, 4) is 0 Å². The highest BCUT2D eigenvalue weighted by molar-refractivity contribution is 5.81. The van der Waals surface area contributed by atoms with Crippen molar-refractivity contribution in [1.29, 1.82) is 0 Å². The summed E-state index contributed by atoms with van der Waals surface area (Å²) in [5.41, 5.74) is 6.57. The molecule has 5 nitrogen and oxygen atoms in total. The molecule has 3 N–H and O–H groups in total. The second-order valence-electron chi connectivity index (χ2n) is 8.33. The molecule has 1 saturated heterocycles. The van der Waals surface area contributed by atoms with Gasteiger partial charge < -0.3 is 20.3 Å². The first kappa shape index (κ1) is 18.3. The number of nitrogens with zero attached hydrogens (tertiary/aromatic N) is 1. The Bertz CT molecular complexity index is 1090. The molecular weight excluding hydrogens is 362 g/mol. The molecule has 0 saturated carbocycles. The van der Waals surface area contributed by atoms with Crippen molar-refractivity contribution in [2.75, 3.05) is 23.3 Å². The normalized spacial score (nSPS) is 18.8. The van der Waals surface area contributed by atoms with Crippen LogP contribution in [0.3, 0.4) is 0 Å². The molecule has 5 heteroatoms. The molecule has 1 fully saturated rings. The predicted molar refractivity (Wildman–Crippen MR) is 118 cm³/mol. The molecular formula is C24H27N3O2. The lowest BCUT2D eigenvalue weighted by Gasteiger charge is -2.32. The summed E-state index contributed by atoms with van der Waals surface area (Å²) in [4.78, 5) is 17.8. The number of hydrogen-bond donors (Lipinski definition) is 3. The fourth-order valence-electron chi connectivity index (χ4n) is 4.63. The van der Waals surface area contributed by atoms with Gasteiger partial charge in [0.15, 0.2) is 0 Å². The molecule has 0 bridgehead atoms. The lowest BCUT2D eigenvalue weighted by Crippen LogP contribution is -2.38. The fraction of sp³-hybridized carbons (Fsp3) is 0.375. The van der Waals surface area contributed by atoms with Gasteiger partial charge in [0.2, 0.25) is 0 Å². The van der Waals surface area contributed by atoms with Crippen LogP contribution in [0.25, 0.3) is 10.9 Å². The largest absolute Gasteiger partial charge is 0.391 e. The third-order valence-electron chi connectivity index (χ3n) is 6.25. The minimum atomic E-state index is -0.234. The zero-order valence-electron chi connectivity index (χ0n) is 16.6. The van der Waals surface area contributed by atoms with Crippen LogP contribution in [0.5, 0.6) is 0 Å². The summed E-state index contributed by atoms with van der Waals surface area (Å²) in [7, 11) is 0. The first-order valence-corrected chi connectivity index (χ1v) is 10.6. The van der Waals surface area contributed by atoms with Crippen LogP contribution in [0.4, 0.5) is 11.4 Å². The van der Waals surface area contributed by atoms with Gasteiger partial charge in [-0.1, -0.05) is 0 Å². The predicted octanol–water partition coefficient (Wildman–Crippen LogP) is 3.59. The molecule has 0 unspecified atom stereocenters. The standard InChI is InChI=1S/C24H27N3O2/c28-22-5-2-10-27(15-22)21-8-6-20(7-9-21)25-14-19-12-18-11-16-3-1-4-17(16)13-23(18)26-24(19)29/h6-9,11-13,22,25,28H,1-5,10,14-15H2,(H,26,29)/t22-/m0/s1. The number of nitrogens with one attached hydrogen (secondary N) is 2. The zero-order valence-corrected chi connectivity index (χ0v) is 16.6. The highest BCUT2D eigenvalue weighted by Gasteiger charge is 2.18. The lowest BCUT2D eigenvalue weighted by atomic mass is 10.0. The van der Waals surface area contributed by atoms with Crippen LogP contribution < -0.4 is 15.8 Å². The van der Waals surface area contributed by atoms with Crippen LogP contribution in [0.2, 0.25) is 0 Å². The number of rotatable bonds is 4. The topological polar surface area (TPSA) is 68.4 Å². The Kier molecular flexibility index (Phi) is 4.76. The molecule has 1 atom stereocenters. The molecule has 3 aromatic rings. The monoisotopic (exact) mass is 389 g/mol. The van der Waals surface area contributed by atoms with Gasteiger partial charge in [0, 0.05) is 42.1 Å². The van der Waals surface area contributed by atoms with E-state index in [1.165, 1.54) is 17.5 Å². The molecule has 0 radical (unpaired) electrons. The van der Waals surface area contributed by atoms with E-state index in [0.29, 0.717) is 13.1 Å². The van der Waals surface area contributed by atoms with E-state index in [9.17, 15) is 9.90 Å². The smallest absolute Gasteiger partial charge is 0.253 e. The van der Waals surface area contributed by atoms with Gasteiger partial charge in [-0.25, -0.2) is 0 Å². The maximum absolute atomic E-state index is 12.5. The second kappa shape index (κ2) is 7.56. The van der Waals surface area contributed by atoms with Gasteiger partial charge in [-0.2, -0.15) is 0 Å². The fourth-order valence-corrected chi connectivity index (χ4v) is 4.63. The number of aromatic nitrogens is 1. The Balaban J connectivity index is 1.30. The van der Waals surface area contributed by atoms with Crippen LogP contribution in [-0.4, -0.2) is 29.3 Å². The van der Waals surface area contributed by atoms with Crippen LogP contribution in [0, 0.1) is 0 Å². The summed E-state index contributed by atoms with van der Waals surface area (Å²) >= 11 is 0. The summed E-state index contributed by atoms with van der Waals surface area (Å²) in [5.74, 6) is 0. The number of β-amino-alcohol motifs (C(OH)–C–C–N with tert-alkyl or cyclic N) is 1. The minimum absolute atomic E-state index is 0.0260. The first-order chi connectivity index (χ1) is 14.2. The van der Waals surface area contributed by atoms with Gasteiger partial charge in [0.25, 0.3) is 5.56 Å². The molecule has 0 amide bonds. The Morgan fingerprint density at radius 3 is 2.66 bits per heavy atom. The molecule has 2 heterocycles. The number of hydrogen-bond acceptors (Lipinski definition) is 4. The Morgan fingerprint density at radius 2 is 1.86 bits per heavy atom. The molecule has 0 spiro atoms. The van der Waals surface area contributed by atoms with Crippen molar-refractivity contribution in [1.82, 2.24) is 4.98 Å². The van der Waals surface area contributed by atoms with Crippen LogP contribution in [0.15, 0.2) is 47.3 Å². The minimum Gasteiger partial charge on any atom is -0.391 e. The van der Waals surface area contributed by atoms with Gasteiger partial charge in [-0.05, 0) is 91.1 Å².